The molecule has 0 bridgehead atoms. The van der Waals surface area contributed by atoms with Crippen molar-refractivity contribution in [3.63, 3.8) is 0 Å². The number of carboxylic acid groups (broad SMARTS) is 1. The highest BCUT2D eigenvalue weighted by molar-refractivity contribution is 6.29. The van der Waals surface area contributed by atoms with Crippen molar-refractivity contribution in [1.29, 1.82) is 0 Å². The predicted molar refractivity (Wildman–Crippen MR) is 59.7 cm³/mol. The molecule has 8 nitrogen and oxygen atoms in total. The van der Waals surface area contributed by atoms with E-state index in [1.807, 2.05) is 0 Å². The van der Waals surface area contributed by atoms with Gasteiger partial charge in [-0.15, -0.1) is 0 Å². The average molecular weight is 273 g/mol. The van der Waals surface area contributed by atoms with Gasteiger partial charge in [0.15, 0.2) is 0 Å². The van der Waals surface area contributed by atoms with Crippen LogP contribution in [0.15, 0.2) is 12.4 Å². The number of hydrogen-bond acceptors (Lipinski definition) is 5. The molecule has 1 aromatic heterocycles. The van der Waals surface area contributed by atoms with Crippen molar-refractivity contribution in [2.24, 2.45) is 5.73 Å². The number of primary amides is 1. The van der Waals surface area contributed by atoms with Gasteiger partial charge in [-0.1, -0.05) is 11.6 Å². The van der Waals surface area contributed by atoms with Crippen molar-refractivity contribution < 1.29 is 19.5 Å². The van der Waals surface area contributed by atoms with Crippen molar-refractivity contribution >= 4 is 29.4 Å². The molecular weight excluding hydrogens is 264 g/mol. The highest BCUT2D eigenvalue weighted by Gasteiger charge is 2.23. The van der Waals surface area contributed by atoms with Gasteiger partial charge in [-0.2, -0.15) is 0 Å². The minimum Gasteiger partial charge on any atom is -0.480 e. The van der Waals surface area contributed by atoms with Crippen molar-refractivity contribution in [3.8, 4) is 0 Å². The highest BCUT2D eigenvalue weighted by atomic mass is 35.5. The monoisotopic (exact) mass is 272 g/mol. The quantitative estimate of drug-likeness (QED) is 0.641. The van der Waals surface area contributed by atoms with Crippen LogP contribution in [0.4, 0.5) is 0 Å². The summed E-state index contributed by atoms with van der Waals surface area (Å²) in [5.74, 6) is -3.00. The number of rotatable bonds is 5. The maximum Gasteiger partial charge on any atom is 0.326 e. The van der Waals surface area contributed by atoms with E-state index < -0.39 is 30.2 Å². The summed E-state index contributed by atoms with van der Waals surface area (Å²) < 4.78 is 0. The largest absolute Gasteiger partial charge is 0.480 e. The summed E-state index contributed by atoms with van der Waals surface area (Å²) in [6.07, 6.45) is 1.71. The summed E-state index contributed by atoms with van der Waals surface area (Å²) in [4.78, 5) is 40.3. The lowest BCUT2D eigenvalue weighted by molar-refractivity contribution is -0.140. The Balaban J connectivity index is 2.75. The van der Waals surface area contributed by atoms with Crippen molar-refractivity contribution in [1.82, 2.24) is 15.3 Å². The number of nitrogens with zero attached hydrogens (tertiary/aromatic N) is 2. The van der Waals surface area contributed by atoms with Crippen LogP contribution in [0, 0.1) is 0 Å². The lowest BCUT2D eigenvalue weighted by atomic mass is 10.2. The molecule has 0 radical (unpaired) electrons. The van der Waals surface area contributed by atoms with E-state index in [1.165, 1.54) is 0 Å². The van der Waals surface area contributed by atoms with E-state index in [0.717, 1.165) is 12.4 Å². The first-order chi connectivity index (χ1) is 8.40. The molecule has 1 aromatic rings. The second-order valence-corrected chi connectivity index (χ2v) is 3.65. The van der Waals surface area contributed by atoms with E-state index in [4.69, 9.17) is 22.4 Å². The molecule has 0 aliphatic carbocycles. The lowest BCUT2D eigenvalue weighted by Crippen LogP contribution is -2.43. The SMILES string of the molecule is NC(=O)CC(NC(=O)c1cnc(Cl)cn1)C(=O)O. The summed E-state index contributed by atoms with van der Waals surface area (Å²) in [6.45, 7) is 0. The van der Waals surface area contributed by atoms with Crippen LogP contribution in [-0.2, 0) is 9.59 Å². The number of carbonyl (C=O) groups excluding carboxylic acids is 2. The van der Waals surface area contributed by atoms with Gasteiger partial charge in [-0.25, -0.2) is 14.8 Å². The van der Waals surface area contributed by atoms with Gasteiger partial charge in [0.1, 0.15) is 16.9 Å². The van der Waals surface area contributed by atoms with E-state index in [2.05, 4.69) is 15.3 Å². The fourth-order valence-corrected chi connectivity index (χ4v) is 1.16. The minimum absolute atomic E-state index is 0.0958. The van der Waals surface area contributed by atoms with Gasteiger partial charge in [0.05, 0.1) is 18.8 Å². The van der Waals surface area contributed by atoms with Crippen LogP contribution < -0.4 is 11.1 Å². The highest BCUT2D eigenvalue weighted by Crippen LogP contribution is 2.02. The molecule has 96 valence electrons. The van der Waals surface area contributed by atoms with Crippen LogP contribution in [-0.4, -0.2) is 38.9 Å². The third-order valence-electron chi connectivity index (χ3n) is 1.86. The second-order valence-electron chi connectivity index (χ2n) is 3.26. The van der Waals surface area contributed by atoms with Crippen LogP contribution in [0.3, 0.4) is 0 Å². The Labute approximate surface area is 106 Å². The third kappa shape index (κ3) is 3.98. The normalized spacial score (nSPS) is 11.6. The first-order valence-corrected chi connectivity index (χ1v) is 5.07. The zero-order valence-corrected chi connectivity index (χ0v) is 9.72. The van der Waals surface area contributed by atoms with Crippen LogP contribution in [0.1, 0.15) is 16.9 Å². The molecule has 0 saturated heterocycles. The summed E-state index contributed by atoms with van der Waals surface area (Å²) in [7, 11) is 0. The number of nitrogens with two attached hydrogens (primary N) is 1. The van der Waals surface area contributed by atoms with E-state index in [9.17, 15) is 14.4 Å². The number of amides is 2. The van der Waals surface area contributed by atoms with Crippen LogP contribution in [0.5, 0.6) is 0 Å². The maximum atomic E-state index is 11.6. The molecule has 4 N–H and O–H groups in total. The van der Waals surface area contributed by atoms with Gasteiger partial charge in [-0.3, -0.25) is 9.59 Å². The van der Waals surface area contributed by atoms with Gasteiger partial charge in [0.25, 0.3) is 5.91 Å². The Kier molecular flexibility index (Phi) is 4.55. The molecule has 0 aliphatic heterocycles. The molecule has 9 heteroatoms. The van der Waals surface area contributed by atoms with Gasteiger partial charge in [0, 0.05) is 0 Å². The molecule has 1 rings (SSSR count). The first kappa shape index (κ1) is 13.8. The number of nitrogens with one attached hydrogen (secondary N) is 1. The molecule has 0 fully saturated rings. The Morgan fingerprint density at radius 1 is 1.39 bits per heavy atom. The Morgan fingerprint density at radius 2 is 2.06 bits per heavy atom. The Morgan fingerprint density at radius 3 is 2.50 bits per heavy atom. The van der Waals surface area contributed by atoms with Crippen molar-refractivity contribution in [2.45, 2.75) is 12.5 Å². The molecule has 0 spiro atoms. The number of aromatic nitrogens is 2. The van der Waals surface area contributed by atoms with Gasteiger partial charge in [-0.05, 0) is 0 Å². The summed E-state index contributed by atoms with van der Waals surface area (Å²) in [5, 5.41) is 11.0. The predicted octanol–water partition coefficient (Wildman–Crippen LogP) is -0.812. The number of aliphatic carboxylic acids is 1. The fraction of sp³-hybridized carbons (Fsp3) is 0.222. The van der Waals surface area contributed by atoms with E-state index in [1.54, 1.807) is 0 Å². The van der Waals surface area contributed by atoms with E-state index in [-0.39, 0.29) is 10.8 Å². The fourth-order valence-electron chi connectivity index (χ4n) is 1.06. The smallest absolute Gasteiger partial charge is 0.326 e. The molecule has 0 aliphatic rings. The van der Waals surface area contributed by atoms with Gasteiger partial charge < -0.3 is 16.2 Å². The standard InChI is InChI=1S/C9H9ClN4O4/c10-6-3-12-5(2-13-6)8(16)14-4(9(17)18)1-7(11)15/h2-4H,1H2,(H2,11,15)(H,14,16)(H,17,18). The molecule has 18 heavy (non-hydrogen) atoms. The molecule has 1 atom stereocenters. The molecule has 2 amide bonds. The number of halogens is 1. The minimum atomic E-state index is -1.41. The molecule has 0 aromatic carbocycles. The van der Waals surface area contributed by atoms with Gasteiger partial charge in [0.2, 0.25) is 5.91 Å². The van der Waals surface area contributed by atoms with Crippen LogP contribution in [0.2, 0.25) is 5.15 Å². The Bertz CT molecular complexity index is 476. The van der Waals surface area contributed by atoms with Crippen LogP contribution in [0.25, 0.3) is 0 Å². The van der Waals surface area contributed by atoms with Gasteiger partial charge >= 0.3 is 5.97 Å². The van der Waals surface area contributed by atoms with E-state index in [0.29, 0.717) is 0 Å². The number of carboxylic acids is 1. The molecule has 1 unspecified atom stereocenters. The first-order valence-electron chi connectivity index (χ1n) is 4.69. The lowest BCUT2D eigenvalue weighted by Gasteiger charge is -2.11. The maximum absolute atomic E-state index is 11.6. The van der Waals surface area contributed by atoms with Crippen molar-refractivity contribution in [3.05, 3.63) is 23.2 Å². The van der Waals surface area contributed by atoms with Crippen LogP contribution >= 0.6 is 11.6 Å². The average Bonchev–Trinajstić information content (AvgIpc) is 2.28. The third-order valence-corrected chi connectivity index (χ3v) is 2.06. The van der Waals surface area contributed by atoms with E-state index >= 15 is 0 Å². The topological polar surface area (TPSA) is 135 Å². The second kappa shape index (κ2) is 5.92. The molecule has 1 heterocycles. The number of hydrogen-bond donors (Lipinski definition) is 3. The molecule has 0 saturated carbocycles. The number of carbonyl (C=O) groups is 3. The molecular formula is C9H9ClN4O4. The summed E-state index contributed by atoms with van der Waals surface area (Å²) in [6, 6.07) is -1.41. The zero-order valence-electron chi connectivity index (χ0n) is 8.96. The zero-order chi connectivity index (χ0) is 13.7. The Hall–Kier alpha value is -2.22. The summed E-state index contributed by atoms with van der Waals surface area (Å²) >= 11 is 5.48. The summed E-state index contributed by atoms with van der Waals surface area (Å²) in [5.41, 5.74) is 4.75. The van der Waals surface area contributed by atoms with Crippen molar-refractivity contribution in [2.75, 3.05) is 0 Å².